The van der Waals surface area contributed by atoms with Crippen LogP contribution in [0.4, 0.5) is 0 Å². The maximum atomic E-state index is 11.0. The second kappa shape index (κ2) is 3.38. The van der Waals surface area contributed by atoms with Gasteiger partial charge in [0.15, 0.2) is 9.84 Å². The Morgan fingerprint density at radius 1 is 1.38 bits per heavy atom. The molecule has 0 aliphatic rings. The van der Waals surface area contributed by atoms with E-state index in [1.165, 1.54) is 12.3 Å². The highest BCUT2D eigenvalue weighted by Gasteiger charge is 2.06. The van der Waals surface area contributed by atoms with Crippen molar-refractivity contribution in [3.8, 4) is 5.75 Å². The van der Waals surface area contributed by atoms with Crippen molar-refractivity contribution in [2.75, 3.05) is 6.26 Å². The van der Waals surface area contributed by atoms with Gasteiger partial charge in [-0.25, -0.2) is 8.42 Å². The lowest BCUT2D eigenvalue weighted by Gasteiger charge is -2.04. The van der Waals surface area contributed by atoms with Crippen molar-refractivity contribution in [3.63, 3.8) is 0 Å². The van der Waals surface area contributed by atoms with E-state index in [1.807, 2.05) is 0 Å². The van der Waals surface area contributed by atoms with E-state index >= 15 is 0 Å². The molecule has 1 aromatic rings. The molecule has 0 saturated heterocycles. The molecule has 0 atom stereocenters. The Morgan fingerprint density at radius 2 is 2.00 bits per heavy atom. The van der Waals surface area contributed by atoms with Gasteiger partial charge in [0.2, 0.25) is 0 Å². The van der Waals surface area contributed by atoms with Gasteiger partial charge in [0.25, 0.3) is 0 Å². The zero-order valence-corrected chi connectivity index (χ0v) is 8.43. The maximum Gasteiger partial charge on any atom is 0.151 e. The van der Waals surface area contributed by atoms with E-state index in [1.54, 1.807) is 19.1 Å². The van der Waals surface area contributed by atoms with Crippen molar-refractivity contribution in [2.24, 2.45) is 0 Å². The summed E-state index contributed by atoms with van der Waals surface area (Å²) in [6.07, 6.45) is 1.19. The van der Waals surface area contributed by atoms with Gasteiger partial charge in [0, 0.05) is 6.26 Å². The third kappa shape index (κ3) is 3.06. The van der Waals surface area contributed by atoms with Crippen LogP contribution in [0.25, 0.3) is 0 Å². The molecule has 1 aromatic carbocycles. The van der Waals surface area contributed by atoms with Crippen LogP contribution in [0.5, 0.6) is 5.75 Å². The minimum absolute atomic E-state index is 0.0269. The molecule has 0 saturated carbocycles. The number of aryl methyl sites for hydroxylation is 1. The molecule has 1 N–H and O–H groups in total. The van der Waals surface area contributed by atoms with Crippen molar-refractivity contribution >= 4 is 9.84 Å². The number of sulfone groups is 1. The van der Waals surface area contributed by atoms with Crippen molar-refractivity contribution in [3.05, 3.63) is 29.3 Å². The molecule has 3 nitrogen and oxygen atoms in total. The minimum Gasteiger partial charge on any atom is -0.508 e. The fourth-order valence-corrected chi connectivity index (χ4v) is 2.01. The molecular formula is C9H12O3S. The highest BCUT2D eigenvalue weighted by molar-refractivity contribution is 7.89. The summed E-state index contributed by atoms with van der Waals surface area (Å²) in [5.74, 6) is 0.189. The molecule has 0 bridgehead atoms. The summed E-state index contributed by atoms with van der Waals surface area (Å²) in [5, 5.41) is 9.09. The van der Waals surface area contributed by atoms with Gasteiger partial charge in [-0.15, -0.1) is 0 Å². The third-order valence-corrected chi connectivity index (χ3v) is 2.58. The Morgan fingerprint density at radius 3 is 2.46 bits per heavy atom. The van der Waals surface area contributed by atoms with E-state index in [4.69, 9.17) is 5.11 Å². The summed E-state index contributed by atoms with van der Waals surface area (Å²) in [5.41, 5.74) is 1.53. The van der Waals surface area contributed by atoms with Gasteiger partial charge in [-0.2, -0.15) is 0 Å². The van der Waals surface area contributed by atoms with Crippen LogP contribution >= 0.6 is 0 Å². The molecule has 0 aliphatic carbocycles. The first-order valence-corrected chi connectivity index (χ1v) is 5.91. The second-order valence-electron chi connectivity index (χ2n) is 3.18. The number of phenols is 1. The van der Waals surface area contributed by atoms with Gasteiger partial charge in [0.05, 0.1) is 5.75 Å². The van der Waals surface area contributed by atoms with Gasteiger partial charge in [-0.3, -0.25) is 0 Å². The summed E-state index contributed by atoms with van der Waals surface area (Å²) in [7, 11) is -2.99. The standard InChI is InChI=1S/C9H12O3S/c1-7-5-9(10)4-3-8(7)6-13(2,11)12/h3-5,10H,6H2,1-2H3. The van der Waals surface area contributed by atoms with Crippen molar-refractivity contribution in [2.45, 2.75) is 12.7 Å². The summed E-state index contributed by atoms with van der Waals surface area (Å²) in [6, 6.07) is 4.68. The van der Waals surface area contributed by atoms with Crippen LogP contribution < -0.4 is 0 Å². The molecule has 0 amide bonds. The van der Waals surface area contributed by atoms with Crippen LogP contribution in [-0.2, 0) is 15.6 Å². The monoisotopic (exact) mass is 200 g/mol. The molecule has 0 fully saturated rings. The number of hydrogen-bond acceptors (Lipinski definition) is 3. The predicted octanol–water partition coefficient (Wildman–Crippen LogP) is 1.25. The zero-order valence-electron chi connectivity index (χ0n) is 7.61. The molecular weight excluding hydrogens is 188 g/mol. The third-order valence-electron chi connectivity index (χ3n) is 1.74. The van der Waals surface area contributed by atoms with Crippen LogP contribution in [0.15, 0.2) is 18.2 Å². The normalized spacial score (nSPS) is 11.5. The van der Waals surface area contributed by atoms with E-state index < -0.39 is 9.84 Å². The average Bonchev–Trinajstić information content (AvgIpc) is 1.93. The van der Waals surface area contributed by atoms with Crippen molar-refractivity contribution < 1.29 is 13.5 Å². The number of phenolic OH excluding ortho intramolecular Hbond substituents is 1. The first-order valence-electron chi connectivity index (χ1n) is 3.85. The SMILES string of the molecule is Cc1cc(O)ccc1CS(C)(=O)=O. The van der Waals surface area contributed by atoms with E-state index in [-0.39, 0.29) is 11.5 Å². The summed E-state index contributed by atoms with van der Waals surface area (Å²) in [6.45, 7) is 1.78. The number of benzene rings is 1. The van der Waals surface area contributed by atoms with E-state index in [2.05, 4.69) is 0 Å². The van der Waals surface area contributed by atoms with Gasteiger partial charge < -0.3 is 5.11 Å². The largest absolute Gasteiger partial charge is 0.508 e. The molecule has 13 heavy (non-hydrogen) atoms. The zero-order chi connectivity index (χ0) is 10.1. The van der Waals surface area contributed by atoms with Crippen LogP contribution in [0, 0.1) is 6.92 Å². The van der Waals surface area contributed by atoms with Gasteiger partial charge >= 0.3 is 0 Å². The predicted molar refractivity (Wildman–Crippen MR) is 51.4 cm³/mol. The fourth-order valence-electron chi connectivity index (χ4n) is 1.12. The smallest absolute Gasteiger partial charge is 0.151 e. The van der Waals surface area contributed by atoms with Crippen molar-refractivity contribution in [1.82, 2.24) is 0 Å². The highest BCUT2D eigenvalue weighted by atomic mass is 32.2. The minimum atomic E-state index is -2.99. The first kappa shape index (κ1) is 10.1. The van der Waals surface area contributed by atoms with Crippen molar-refractivity contribution in [1.29, 1.82) is 0 Å². The lowest BCUT2D eigenvalue weighted by molar-refractivity contribution is 0.474. The number of rotatable bonds is 2. The molecule has 4 heteroatoms. The molecule has 0 aliphatic heterocycles. The van der Waals surface area contributed by atoms with E-state index in [0.29, 0.717) is 0 Å². The summed E-state index contributed by atoms with van der Waals surface area (Å²) >= 11 is 0. The Balaban J connectivity index is 3.04. The number of aromatic hydroxyl groups is 1. The molecule has 0 radical (unpaired) electrons. The van der Waals surface area contributed by atoms with E-state index in [9.17, 15) is 8.42 Å². The summed E-state index contributed by atoms with van der Waals surface area (Å²) in [4.78, 5) is 0. The molecule has 0 unspecified atom stereocenters. The molecule has 1 rings (SSSR count). The van der Waals surface area contributed by atoms with Gasteiger partial charge in [0.1, 0.15) is 5.75 Å². The molecule has 0 heterocycles. The Labute approximate surface area is 77.9 Å². The van der Waals surface area contributed by atoms with E-state index in [0.717, 1.165) is 11.1 Å². The van der Waals surface area contributed by atoms with Gasteiger partial charge in [-0.1, -0.05) is 6.07 Å². The fraction of sp³-hybridized carbons (Fsp3) is 0.333. The van der Waals surface area contributed by atoms with Crippen LogP contribution in [0.2, 0.25) is 0 Å². The molecule has 0 spiro atoms. The van der Waals surface area contributed by atoms with Gasteiger partial charge in [-0.05, 0) is 30.2 Å². The molecule has 72 valence electrons. The Kier molecular flexibility index (Phi) is 2.61. The lowest BCUT2D eigenvalue weighted by atomic mass is 10.1. The lowest BCUT2D eigenvalue weighted by Crippen LogP contribution is -2.02. The Hall–Kier alpha value is -1.03. The Bertz CT molecular complexity index is 407. The molecule has 0 aromatic heterocycles. The summed E-state index contributed by atoms with van der Waals surface area (Å²) < 4.78 is 22.0. The van der Waals surface area contributed by atoms with Crippen LogP contribution in [0.3, 0.4) is 0 Å². The first-order chi connectivity index (χ1) is 5.88. The van der Waals surface area contributed by atoms with Crippen LogP contribution in [-0.4, -0.2) is 19.8 Å². The maximum absolute atomic E-state index is 11.0. The highest BCUT2D eigenvalue weighted by Crippen LogP contribution is 2.17. The second-order valence-corrected chi connectivity index (χ2v) is 5.32. The average molecular weight is 200 g/mol. The quantitative estimate of drug-likeness (QED) is 0.781. The van der Waals surface area contributed by atoms with Crippen LogP contribution in [0.1, 0.15) is 11.1 Å². The topological polar surface area (TPSA) is 54.4 Å². The number of hydrogen-bond donors (Lipinski definition) is 1.